The number of aromatic nitrogens is 2. The van der Waals surface area contributed by atoms with Crippen molar-refractivity contribution in [3.8, 4) is 0 Å². The molecule has 3 rings (SSSR count). The lowest BCUT2D eigenvalue weighted by Gasteiger charge is -2.19. The number of carbonyl (C=O) groups excluding carboxylic acids is 1. The molecule has 0 saturated heterocycles. The lowest BCUT2D eigenvalue weighted by atomic mass is 10.0. The van der Waals surface area contributed by atoms with E-state index in [0.717, 1.165) is 18.4 Å². The number of benzene rings is 1. The zero-order chi connectivity index (χ0) is 15.5. The van der Waals surface area contributed by atoms with Crippen molar-refractivity contribution in [3.63, 3.8) is 0 Å². The van der Waals surface area contributed by atoms with Crippen molar-refractivity contribution in [2.24, 2.45) is 5.92 Å². The second-order valence-electron chi connectivity index (χ2n) is 5.53. The molecule has 6 nitrogen and oxygen atoms in total. The van der Waals surface area contributed by atoms with E-state index in [0.29, 0.717) is 5.92 Å². The molecule has 1 aromatic carbocycles. The molecule has 114 valence electrons. The Bertz CT molecular complexity index is 775. The van der Waals surface area contributed by atoms with Crippen LogP contribution in [0.15, 0.2) is 52.2 Å². The first-order valence-electron chi connectivity index (χ1n) is 7.27. The predicted octanol–water partition coefficient (Wildman–Crippen LogP) is 0.804. The minimum atomic E-state index is -0.578. The number of nitrogens with one attached hydrogen (secondary N) is 2. The third-order valence-electron chi connectivity index (χ3n) is 3.78. The third kappa shape index (κ3) is 3.33. The van der Waals surface area contributed by atoms with Crippen molar-refractivity contribution in [2.45, 2.75) is 25.4 Å². The highest BCUT2D eigenvalue weighted by atomic mass is 16.2. The monoisotopic (exact) mass is 299 g/mol. The van der Waals surface area contributed by atoms with E-state index >= 15 is 0 Å². The minimum absolute atomic E-state index is 0.0211. The van der Waals surface area contributed by atoms with Gasteiger partial charge < -0.3 is 5.32 Å². The molecule has 2 N–H and O–H groups in total. The van der Waals surface area contributed by atoms with Crippen LogP contribution in [0.1, 0.15) is 24.4 Å². The maximum absolute atomic E-state index is 12.2. The van der Waals surface area contributed by atoms with Gasteiger partial charge in [-0.1, -0.05) is 30.3 Å². The number of H-pyrrole nitrogens is 1. The summed E-state index contributed by atoms with van der Waals surface area (Å²) in [6, 6.07) is 11.0. The summed E-state index contributed by atoms with van der Waals surface area (Å²) in [6.45, 7) is -0.105. The molecular weight excluding hydrogens is 282 g/mol. The number of aromatic amines is 1. The van der Waals surface area contributed by atoms with E-state index in [1.807, 2.05) is 30.3 Å². The van der Waals surface area contributed by atoms with Crippen molar-refractivity contribution in [3.05, 3.63) is 69.0 Å². The molecule has 22 heavy (non-hydrogen) atoms. The number of hydrogen-bond donors (Lipinski definition) is 2. The third-order valence-corrected chi connectivity index (χ3v) is 3.78. The molecule has 0 spiro atoms. The van der Waals surface area contributed by atoms with Crippen LogP contribution >= 0.6 is 0 Å². The van der Waals surface area contributed by atoms with Gasteiger partial charge in [-0.05, 0) is 24.3 Å². The first kappa shape index (κ1) is 14.3. The highest BCUT2D eigenvalue weighted by Gasteiger charge is 2.33. The number of hydrogen-bond acceptors (Lipinski definition) is 3. The second-order valence-corrected chi connectivity index (χ2v) is 5.53. The van der Waals surface area contributed by atoms with Crippen LogP contribution in [0, 0.1) is 5.92 Å². The Morgan fingerprint density at radius 3 is 2.59 bits per heavy atom. The van der Waals surface area contributed by atoms with Gasteiger partial charge >= 0.3 is 5.69 Å². The van der Waals surface area contributed by atoms with Crippen LogP contribution in [0.5, 0.6) is 0 Å². The summed E-state index contributed by atoms with van der Waals surface area (Å²) in [5, 5.41) is 2.99. The van der Waals surface area contributed by atoms with Crippen molar-refractivity contribution in [1.29, 1.82) is 0 Å². The van der Waals surface area contributed by atoms with Crippen LogP contribution in [-0.2, 0) is 11.3 Å². The molecular formula is C16H17N3O3. The van der Waals surface area contributed by atoms with Crippen LogP contribution in [0.2, 0.25) is 0 Å². The zero-order valence-electron chi connectivity index (χ0n) is 12.0. The number of nitrogens with zero attached hydrogens (tertiary/aromatic N) is 1. The largest absolute Gasteiger partial charge is 0.347 e. The second kappa shape index (κ2) is 6.01. The molecule has 1 aliphatic rings. The smallest absolute Gasteiger partial charge is 0.328 e. The van der Waals surface area contributed by atoms with Gasteiger partial charge in [-0.2, -0.15) is 0 Å². The summed E-state index contributed by atoms with van der Waals surface area (Å²) in [5.41, 5.74) is 0.0271. The average molecular weight is 299 g/mol. The molecule has 2 aromatic rings. The van der Waals surface area contributed by atoms with Crippen LogP contribution in [0.3, 0.4) is 0 Å². The molecule has 1 saturated carbocycles. The fraction of sp³-hybridized carbons (Fsp3) is 0.312. The fourth-order valence-corrected chi connectivity index (χ4v) is 2.51. The Labute approximate surface area is 126 Å². The molecule has 1 heterocycles. The Hall–Kier alpha value is -2.63. The average Bonchev–Trinajstić information content (AvgIpc) is 3.33. The Morgan fingerprint density at radius 2 is 1.95 bits per heavy atom. The molecule has 0 unspecified atom stereocenters. The maximum atomic E-state index is 12.2. The van der Waals surface area contributed by atoms with Crippen LogP contribution in [0.4, 0.5) is 0 Å². The first-order chi connectivity index (χ1) is 10.6. The molecule has 1 atom stereocenters. The standard InChI is InChI=1S/C16H17N3O3/c20-13-8-9-19(16(22)18-13)10-14(21)17-15(12-6-7-12)11-4-2-1-3-5-11/h1-5,8-9,12,15H,6-7,10H2,(H,17,21)(H,18,20,22)/t15-/m1/s1. The molecule has 1 aliphatic carbocycles. The van der Waals surface area contributed by atoms with Crippen LogP contribution in [-0.4, -0.2) is 15.5 Å². The molecule has 1 fully saturated rings. The Balaban J connectivity index is 1.72. The van der Waals surface area contributed by atoms with Crippen molar-refractivity contribution in [2.75, 3.05) is 0 Å². The van der Waals surface area contributed by atoms with E-state index < -0.39 is 11.2 Å². The van der Waals surface area contributed by atoms with Gasteiger partial charge in [0.1, 0.15) is 6.54 Å². The van der Waals surface area contributed by atoms with Gasteiger partial charge in [0.15, 0.2) is 0 Å². The summed E-state index contributed by atoms with van der Waals surface area (Å²) in [5.74, 6) is 0.216. The maximum Gasteiger partial charge on any atom is 0.328 e. The number of carbonyl (C=O) groups is 1. The lowest BCUT2D eigenvalue weighted by molar-refractivity contribution is -0.122. The van der Waals surface area contributed by atoms with Crippen LogP contribution in [0.25, 0.3) is 0 Å². The Kier molecular flexibility index (Phi) is 3.91. The summed E-state index contributed by atoms with van der Waals surface area (Å²) in [7, 11) is 0. The van der Waals surface area contributed by atoms with E-state index in [-0.39, 0.29) is 18.5 Å². The first-order valence-corrected chi connectivity index (χ1v) is 7.27. The van der Waals surface area contributed by atoms with Gasteiger partial charge in [0.25, 0.3) is 5.56 Å². The topological polar surface area (TPSA) is 84.0 Å². The number of amides is 1. The lowest BCUT2D eigenvalue weighted by Crippen LogP contribution is -2.37. The molecule has 0 radical (unpaired) electrons. The molecule has 0 bridgehead atoms. The molecule has 6 heteroatoms. The van der Waals surface area contributed by atoms with E-state index in [2.05, 4.69) is 10.3 Å². The van der Waals surface area contributed by atoms with Gasteiger partial charge in [0.2, 0.25) is 5.91 Å². The van der Waals surface area contributed by atoms with E-state index in [1.165, 1.54) is 16.8 Å². The summed E-state index contributed by atoms with van der Waals surface area (Å²) >= 11 is 0. The quantitative estimate of drug-likeness (QED) is 0.856. The predicted molar refractivity (Wildman–Crippen MR) is 81.4 cm³/mol. The molecule has 0 aliphatic heterocycles. The van der Waals surface area contributed by atoms with Crippen molar-refractivity contribution >= 4 is 5.91 Å². The van der Waals surface area contributed by atoms with E-state index in [4.69, 9.17) is 0 Å². The number of rotatable bonds is 5. The van der Waals surface area contributed by atoms with Gasteiger partial charge in [-0.15, -0.1) is 0 Å². The Morgan fingerprint density at radius 1 is 1.23 bits per heavy atom. The summed E-state index contributed by atoms with van der Waals surface area (Å²) in [4.78, 5) is 37.0. The highest BCUT2D eigenvalue weighted by molar-refractivity contribution is 5.76. The summed E-state index contributed by atoms with van der Waals surface area (Å²) in [6.07, 6.45) is 3.52. The van der Waals surface area contributed by atoms with E-state index in [1.54, 1.807) is 0 Å². The van der Waals surface area contributed by atoms with Crippen LogP contribution < -0.4 is 16.6 Å². The van der Waals surface area contributed by atoms with Gasteiger partial charge in [-0.25, -0.2) is 4.79 Å². The van der Waals surface area contributed by atoms with Gasteiger partial charge in [0.05, 0.1) is 6.04 Å². The zero-order valence-corrected chi connectivity index (χ0v) is 12.0. The van der Waals surface area contributed by atoms with Crippen molar-refractivity contribution in [1.82, 2.24) is 14.9 Å². The molecule has 1 amide bonds. The van der Waals surface area contributed by atoms with Gasteiger partial charge in [0, 0.05) is 12.3 Å². The normalized spacial score (nSPS) is 15.3. The minimum Gasteiger partial charge on any atom is -0.347 e. The summed E-state index contributed by atoms with van der Waals surface area (Å²) < 4.78 is 1.19. The van der Waals surface area contributed by atoms with Gasteiger partial charge in [-0.3, -0.25) is 19.1 Å². The SMILES string of the molecule is O=C(Cn1ccc(=O)[nH]c1=O)N[C@H](c1ccccc1)C1CC1. The molecule has 1 aromatic heterocycles. The fourth-order valence-electron chi connectivity index (χ4n) is 2.51. The highest BCUT2D eigenvalue weighted by Crippen LogP contribution is 2.40. The van der Waals surface area contributed by atoms with E-state index in [9.17, 15) is 14.4 Å². The van der Waals surface area contributed by atoms with Crippen molar-refractivity contribution < 1.29 is 4.79 Å².